The lowest BCUT2D eigenvalue weighted by Crippen LogP contribution is -2.00. The standard InChI is InChI=1S/C58H36N4S/c1-3-13-37(14-4-1)43-33-50(38-15-5-2-6-16-38)60-57(35-43)62-52-22-10-8-20-46(52)48-32-41(25-28-53(48)62)39-17-11-18-40(31-39)42-24-27-47-45-19-7-9-21-51(45)61(54(47)34-42)44-26-29-55-49(36-44)58-56(63-55)23-12-30-59-58/h1-36H. The van der Waals surface area contributed by atoms with E-state index in [9.17, 15) is 0 Å². The second kappa shape index (κ2) is 14.2. The van der Waals surface area contributed by atoms with Crippen LogP contribution in [0.1, 0.15) is 0 Å². The first-order chi connectivity index (χ1) is 31.2. The van der Waals surface area contributed by atoms with Crippen LogP contribution in [0.5, 0.6) is 0 Å². The Balaban J connectivity index is 0.937. The fourth-order valence-electron chi connectivity index (χ4n) is 9.62. The lowest BCUT2D eigenvalue weighted by Gasteiger charge is -2.13. The summed E-state index contributed by atoms with van der Waals surface area (Å²) in [5.74, 6) is 0.893. The first kappa shape index (κ1) is 35.6. The zero-order chi connectivity index (χ0) is 41.4. The van der Waals surface area contributed by atoms with Crippen molar-refractivity contribution in [1.29, 1.82) is 0 Å². The third kappa shape index (κ3) is 5.82. The Bertz CT molecular complexity index is 3860. The number of thiophene rings is 1. The minimum Gasteiger partial charge on any atom is -0.309 e. The van der Waals surface area contributed by atoms with Gasteiger partial charge in [0.2, 0.25) is 0 Å². The van der Waals surface area contributed by atoms with Crippen LogP contribution < -0.4 is 0 Å². The lowest BCUT2D eigenvalue weighted by atomic mass is 9.97. The van der Waals surface area contributed by atoms with Crippen LogP contribution in [-0.4, -0.2) is 19.1 Å². The maximum absolute atomic E-state index is 5.34. The first-order valence-electron chi connectivity index (χ1n) is 21.3. The number of hydrogen-bond acceptors (Lipinski definition) is 3. The van der Waals surface area contributed by atoms with Gasteiger partial charge in [0.25, 0.3) is 0 Å². The Morgan fingerprint density at radius 2 is 0.968 bits per heavy atom. The van der Waals surface area contributed by atoms with Crippen molar-refractivity contribution >= 4 is 75.3 Å². The Kier molecular flexibility index (Phi) is 8.05. The highest BCUT2D eigenvalue weighted by atomic mass is 32.1. The van der Waals surface area contributed by atoms with E-state index in [1.807, 2.05) is 12.3 Å². The number of benzene rings is 8. The molecule has 0 radical (unpaired) electrons. The number of para-hydroxylation sites is 2. The van der Waals surface area contributed by atoms with Gasteiger partial charge in [-0.15, -0.1) is 11.3 Å². The molecule has 0 bridgehead atoms. The van der Waals surface area contributed by atoms with Gasteiger partial charge in [-0.05, 0) is 112 Å². The van der Waals surface area contributed by atoms with E-state index in [-0.39, 0.29) is 0 Å². The van der Waals surface area contributed by atoms with E-state index in [0.29, 0.717) is 0 Å². The average Bonchev–Trinajstić information content (AvgIpc) is 4.01. The van der Waals surface area contributed by atoms with Crippen LogP contribution in [0.15, 0.2) is 219 Å². The number of fused-ring (bicyclic) bond motifs is 9. The molecule has 5 heterocycles. The summed E-state index contributed by atoms with van der Waals surface area (Å²) in [4.78, 5) is 10.1. The topological polar surface area (TPSA) is 35.6 Å². The molecule has 0 amide bonds. The molecule has 0 N–H and O–H groups in total. The molecule has 63 heavy (non-hydrogen) atoms. The van der Waals surface area contributed by atoms with Gasteiger partial charge in [-0.25, -0.2) is 4.98 Å². The Morgan fingerprint density at radius 1 is 0.333 bits per heavy atom. The second-order valence-corrected chi connectivity index (χ2v) is 17.3. The molecule has 13 rings (SSSR count). The van der Waals surface area contributed by atoms with E-state index in [4.69, 9.17) is 9.97 Å². The number of pyridine rings is 2. The first-order valence-corrected chi connectivity index (χ1v) is 22.1. The summed E-state index contributed by atoms with van der Waals surface area (Å²) in [6.45, 7) is 0. The molecule has 0 unspecified atom stereocenters. The van der Waals surface area contributed by atoms with Crippen LogP contribution in [-0.2, 0) is 0 Å². The van der Waals surface area contributed by atoms with Gasteiger partial charge >= 0.3 is 0 Å². The van der Waals surface area contributed by atoms with Crippen LogP contribution in [0.3, 0.4) is 0 Å². The highest BCUT2D eigenvalue weighted by Gasteiger charge is 2.18. The van der Waals surface area contributed by atoms with Crippen molar-refractivity contribution in [3.63, 3.8) is 0 Å². The van der Waals surface area contributed by atoms with Gasteiger partial charge in [0.05, 0.1) is 38.0 Å². The molecule has 0 aliphatic heterocycles. The molecular weight excluding hydrogens is 785 g/mol. The minimum atomic E-state index is 0.893. The maximum Gasteiger partial charge on any atom is 0.138 e. The molecule has 13 aromatic rings. The third-order valence-electron chi connectivity index (χ3n) is 12.6. The van der Waals surface area contributed by atoms with Gasteiger partial charge in [-0.3, -0.25) is 9.55 Å². The van der Waals surface area contributed by atoms with E-state index >= 15 is 0 Å². The molecule has 0 fully saturated rings. The predicted molar refractivity (Wildman–Crippen MR) is 265 cm³/mol. The SMILES string of the molecule is c1ccc(-c2cc(-c3ccccc3)nc(-n3c4ccccc4c4cc(-c5cccc(-c6ccc7c8ccccc8n(-c8ccc9sc%10cccnc%10c9c8)c7c6)c5)ccc43)c2)cc1. The average molecular weight is 821 g/mol. The lowest BCUT2D eigenvalue weighted by molar-refractivity contribution is 1.08. The van der Waals surface area contributed by atoms with Gasteiger partial charge in [-0.1, -0.05) is 133 Å². The summed E-state index contributed by atoms with van der Waals surface area (Å²) in [7, 11) is 0. The number of nitrogens with zero attached hydrogens (tertiary/aromatic N) is 4. The van der Waals surface area contributed by atoms with Crippen molar-refractivity contribution < 1.29 is 0 Å². The maximum atomic E-state index is 5.34. The fraction of sp³-hybridized carbons (Fsp3) is 0. The minimum absolute atomic E-state index is 0.893. The molecule has 0 atom stereocenters. The molecule has 8 aromatic carbocycles. The molecule has 0 saturated heterocycles. The second-order valence-electron chi connectivity index (χ2n) is 16.2. The Morgan fingerprint density at radius 3 is 1.78 bits per heavy atom. The van der Waals surface area contributed by atoms with E-state index in [2.05, 4.69) is 215 Å². The number of aromatic nitrogens is 4. The van der Waals surface area contributed by atoms with Crippen LogP contribution in [0.25, 0.3) is 120 Å². The van der Waals surface area contributed by atoms with Crippen molar-refractivity contribution in [2.45, 2.75) is 0 Å². The largest absolute Gasteiger partial charge is 0.309 e. The summed E-state index contributed by atoms with van der Waals surface area (Å²) < 4.78 is 7.20. The molecule has 294 valence electrons. The van der Waals surface area contributed by atoms with E-state index in [0.717, 1.165) is 50.4 Å². The molecular formula is C58H36N4S. The van der Waals surface area contributed by atoms with Gasteiger partial charge in [0, 0.05) is 49.1 Å². The zero-order valence-corrected chi connectivity index (χ0v) is 34.8. The van der Waals surface area contributed by atoms with Crippen LogP contribution in [0, 0.1) is 0 Å². The summed E-state index contributed by atoms with van der Waals surface area (Å²) in [5, 5.41) is 6.06. The molecule has 5 heteroatoms. The summed E-state index contributed by atoms with van der Waals surface area (Å²) >= 11 is 1.80. The molecule has 0 aliphatic rings. The third-order valence-corrected chi connectivity index (χ3v) is 13.7. The van der Waals surface area contributed by atoms with Gasteiger partial charge in [0.15, 0.2) is 0 Å². The van der Waals surface area contributed by atoms with Crippen LogP contribution >= 0.6 is 11.3 Å². The van der Waals surface area contributed by atoms with Crippen molar-refractivity contribution in [2.24, 2.45) is 0 Å². The zero-order valence-electron chi connectivity index (χ0n) is 34.0. The van der Waals surface area contributed by atoms with Gasteiger partial charge < -0.3 is 4.57 Å². The molecule has 0 spiro atoms. The van der Waals surface area contributed by atoms with Gasteiger partial charge in [-0.2, -0.15) is 0 Å². The van der Waals surface area contributed by atoms with E-state index in [1.165, 1.54) is 69.6 Å². The Hall–Kier alpha value is -8.12. The normalized spacial score (nSPS) is 11.8. The predicted octanol–water partition coefficient (Wildman–Crippen LogP) is 15.7. The number of rotatable bonds is 6. The van der Waals surface area contributed by atoms with E-state index in [1.54, 1.807) is 11.3 Å². The quantitative estimate of drug-likeness (QED) is 0.167. The fourth-order valence-corrected chi connectivity index (χ4v) is 10.7. The smallest absolute Gasteiger partial charge is 0.138 e. The molecule has 0 saturated carbocycles. The van der Waals surface area contributed by atoms with Gasteiger partial charge in [0.1, 0.15) is 5.82 Å². The van der Waals surface area contributed by atoms with Crippen LogP contribution in [0.2, 0.25) is 0 Å². The summed E-state index contributed by atoms with van der Waals surface area (Å²) in [5.41, 5.74) is 15.8. The van der Waals surface area contributed by atoms with Crippen molar-refractivity contribution in [3.8, 4) is 56.1 Å². The van der Waals surface area contributed by atoms with Crippen LogP contribution in [0.4, 0.5) is 0 Å². The van der Waals surface area contributed by atoms with Crippen molar-refractivity contribution in [2.75, 3.05) is 0 Å². The molecule has 0 aliphatic carbocycles. The Labute approximate surface area is 367 Å². The van der Waals surface area contributed by atoms with Crippen molar-refractivity contribution in [1.82, 2.24) is 19.1 Å². The van der Waals surface area contributed by atoms with Crippen molar-refractivity contribution in [3.05, 3.63) is 219 Å². The molecule has 5 aromatic heterocycles. The highest BCUT2D eigenvalue weighted by Crippen LogP contribution is 2.40. The monoisotopic (exact) mass is 820 g/mol. The highest BCUT2D eigenvalue weighted by molar-refractivity contribution is 7.25. The summed E-state index contributed by atoms with van der Waals surface area (Å²) in [6, 6.07) is 76.7. The summed E-state index contributed by atoms with van der Waals surface area (Å²) in [6.07, 6.45) is 1.89. The van der Waals surface area contributed by atoms with E-state index < -0.39 is 0 Å². The number of hydrogen-bond donors (Lipinski definition) is 0. The molecule has 4 nitrogen and oxygen atoms in total.